The maximum Gasteiger partial charge on any atom is 0.256 e. The summed E-state index contributed by atoms with van der Waals surface area (Å²) < 4.78 is 23.1. The first-order valence-electron chi connectivity index (χ1n) is 7.26. The Labute approximate surface area is 129 Å². The number of amides is 1. The first-order chi connectivity index (χ1) is 10.4. The highest BCUT2D eigenvalue weighted by Gasteiger charge is 2.32. The number of rotatable bonds is 2. The maximum absolute atomic E-state index is 12.8. The largest absolute Gasteiger partial charge is 0.358 e. The summed E-state index contributed by atoms with van der Waals surface area (Å²) >= 11 is 0. The lowest BCUT2D eigenvalue weighted by Crippen LogP contribution is -2.47. The molecule has 1 amide bonds. The van der Waals surface area contributed by atoms with Crippen LogP contribution in [0.15, 0.2) is 24.3 Å². The molecule has 0 bridgehead atoms. The first-order valence-corrected chi connectivity index (χ1v) is 8.87. The molecule has 0 aliphatic carbocycles. The molecular formula is C15H19N3O3S. The smallest absolute Gasteiger partial charge is 0.256 e. The minimum absolute atomic E-state index is 0.136. The number of aromatic nitrogens is 1. The van der Waals surface area contributed by atoms with Crippen molar-refractivity contribution in [2.75, 3.05) is 13.1 Å². The number of aryl methyl sites for hydroxylation is 1. The van der Waals surface area contributed by atoms with Gasteiger partial charge in [-0.1, -0.05) is 18.2 Å². The van der Waals surface area contributed by atoms with Crippen molar-refractivity contribution in [2.45, 2.75) is 25.0 Å². The fourth-order valence-electron chi connectivity index (χ4n) is 3.10. The van der Waals surface area contributed by atoms with Crippen LogP contribution >= 0.6 is 0 Å². The van der Waals surface area contributed by atoms with E-state index >= 15 is 0 Å². The molecule has 1 atom stereocenters. The Morgan fingerprint density at radius 1 is 1.36 bits per heavy atom. The third-order valence-electron chi connectivity index (χ3n) is 4.24. The van der Waals surface area contributed by atoms with Gasteiger partial charge in [-0.25, -0.2) is 13.6 Å². The second kappa shape index (κ2) is 5.40. The summed E-state index contributed by atoms with van der Waals surface area (Å²) in [4.78, 5) is 17.6. The van der Waals surface area contributed by atoms with Crippen molar-refractivity contribution in [3.05, 3.63) is 35.5 Å². The fourth-order valence-corrected chi connectivity index (χ4v) is 3.98. The molecule has 0 saturated carbocycles. The van der Waals surface area contributed by atoms with E-state index in [0.717, 1.165) is 16.6 Å². The predicted octanol–water partition coefficient (Wildman–Crippen LogP) is 1.37. The number of sulfonamides is 1. The fraction of sp³-hybridized carbons (Fsp3) is 0.400. The van der Waals surface area contributed by atoms with Crippen molar-refractivity contribution in [2.24, 2.45) is 5.14 Å². The zero-order valence-corrected chi connectivity index (χ0v) is 13.2. The second-order valence-electron chi connectivity index (χ2n) is 5.78. The number of nitrogens with one attached hydrogen (secondary N) is 1. The van der Waals surface area contributed by atoms with E-state index < -0.39 is 15.3 Å². The first kappa shape index (κ1) is 15.1. The highest BCUT2D eigenvalue weighted by Crippen LogP contribution is 2.25. The van der Waals surface area contributed by atoms with E-state index in [9.17, 15) is 13.2 Å². The Bertz CT molecular complexity index is 826. The highest BCUT2D eigenvalue weighted by molar-refractivity contribution is 7.89. The number of likely N-dealkylation sites (tertiary alicyclic amines) is 1. The van der Waals surface area contributed by atoms with Gasteiger partial charge < -0.3 is 9.88 Å². The number of para-hydroxylation sites is 1. The average molecular weight is 321 g/mol. The van der Waals surface area contributed by atoms with E-state index in [-0.39, 0.29) is 12.5 Å². The molecule has 0 unspecified atom stereocenters. The van der Waals surface area contributed by atoms with Crippen molar-refractivity contribution in [1.29, 1.82) is 0 Å². The third kappa shape index (κ3) is 2.62. The average Bonchev–Trinajstić information content (AvgIpc) is 2.81. The molecule has 0 radical (unpaired) electrons. The van der Waals surface area contributed by atoms with Crippen LogP contribution in [0.4, 0.5) is 0 Å². The van der Waals surface area contributed by atoms with E-state index in [4.69, 9.17) is 5.14 Å². The molecule has 0 spiro atoms. The summed E-state index contributed by atoms with van der Waals surface area (Å²) in [6.07, 6.45) is 1.16. The Kier molecular flexibility index (Phi) is 3.70. The molecule has 22 heavy (non-hydrogen) atoms. The van der Waals surface area contributed by atoms with Crippen molar-refractivity contribution < 1.29 is 13.2 Å². The van der Waals surface area contributed by atoms with Crippen molar-refractivity contribution >= 4 is 26.8 Å². The number of primary sulfonamides is 1. The molecule has 3 N–H and O–H groups in total. The van der Waals surface area contributed by atoms with E-state index in [2.05, 4.69) is 4.98 Å². The molecular weight excluding hydrogens is 302 g/mol. The topological polar surface area (TPSA) is 96.3 Å². The van der Waals surface area contributed by atoms with Crippen molar-refractivity contribution in [3.8, 4) is 0 Å². The Morgan fingerprint density at radius 2 is 2.09 bits per heavy atom. The Morgan fingerprint density at radius 3 is 2.82 bits per heavy atom. The number of H-pyrrole nitrogens is 1. The number of carbonyl (C=O) groups excluding carboxylic acids is 1. The van der Waals surface area contributed by atoms with E-state index in [1.807, 2.05) is 31.2 Å². The summed E-state index contributed by atoms with van der Waals surface area (Å²) in [5.74, 6) is -0.136. The number of aromatic amines is 1. The van der Waals surface area contributed by atoms with Crippen LogP contribution in [-0.4, -0.2) is 42.5 Å². The minimum Gasteiger partial charge on any atom is -0.358 e. The molecule has 7 heteroatoms. The number of piperidine rings is 1. The minimum atomic E-state index is -3.62. The van der Waals surface area contributed by atoms with Gasteiger partial charge in [0.15, 0.2) is 0 Å². The summed E-state index contributed by atoms with van der Waals surface area (Å²) in [5.41, 5.74) is 2.32. The number of nitrogens with two attached hydrogens (primary N) is 1. The molecule has 6 nitrogen and oxygen atoms in total. The molecule has 1 fully saturated rings. The van der Waals surface area contributed by atoms with Gasteiger partial charge in [-0.3, -0.25) is 4.79 Å². The molecule has 118 valence electrons. The van der Waals surface area contributed by atoms with Crippen molar-refractivity contribution in [3.63, 3.8) is 0 Å². The van der Waals surface area contributed by atoms with E-state index in [1.54, 1.807) is 4.90 Å². The molecule has 1 aromatic carbocycles. The molecule has 3 rings (SSSR count). The van der Waals surface area contributed by atoms with Crippen LogP contribution in [0.25, 0.3) is 10.9 Å². The normalized spacial score (nSPS) is 19.5. The van der Waals surface area contributed by atoms with Gasteiger partial charge >= 0.3 is 0 Å². The summed E-state index contributed by atoms with van der Waals surface area (Å²) in [6.45, 7) is 2.58. The predicted molar refractivity (Wildman–Crippen MR) is 85.1 cm³/mol. The number of hydrogen-bond donors (Lipinski definition) is 2. The number of hydrogen-bond acceptors (Lipinski definition) is 3. The van der Waals surface area contributed by atoms with Crippen LogP contribution in [0.5, 0.6) is 0 Å². The molecule has 1 saturated heterocycles. The van der Waals surface area contributed by atoms with Gasteiger partial charge in [0, 0.05) is 29.7 Å². The number of nitrogens with zero attached hydrogens (tertiary/aromatic N) is 1. The van der Waals surface area contributed by atoms with Crippen LogP contribution in [0.1, 0.15) is 28.9 Å². The van der Waals surface area contributed by atoms with Crippen LogP contribution in [-0.2, 0) is 10.0 Å². The van der Waals surface area contributed by atoms with Gasteiger partial charge in [0.05, 0.1) is 10.8 Å². The molecule has 1 aliphatic heterocycles. The Hall–Kier alpha value is -1.86. The van der Waals surface area contributed by atoms with Gasteiger partial charge in [0.2, 0.25) is 10.0 Å². The van der Waals surface area contributed by atoms with Crippen molar-refractivity contribution in [1.82, 2.24) is 9.88 Å². The van der Waals surface area contributed by atoms with Gasteiger partial charge in [0.25, 0.3) is 5.91 Å². The number of fused-ring (bicyclic) bond motifs is 1. The summed E-state index contributed by atoms with van der Waals surface area (Å²) in [7, 11) is -3.62. The van der Waals surface area contributed by atoms with Gasteiger partial charge in [-0.05, 0) is 25.8 Å². The quantitative estimate of drug-likeness (QED) is 0.874. The van der Waals surface area contributed by atoms with Gasteiger partial charge in [0.1, 0.15) is 0 Å². The van der Waals surface area contributed by atoms with E-state index in [0.29, 0.717) is 24.9 Å². The van der Waals surface area contributed by atoms with Gasteiger partial charge in [-0.15, -0.1) is 0 Å². The molecule has 1 aromatic heterocycles. The highest BCUT2D eigenvalue weighted by atomic mass is 32.2. The SMILES string of the molecule is Cc1[nH]c2ccccc2c1C(=O)N1CCC[C@@H](S(N)(=O)=O)C1. The number of carbonyl (C=O) groups is 1. The lowest BCUT2D eigenvalue weighted by atomic mass is 10.1. The van der Waals surface area contributed by atoms with Crippen LogP contribution in [0.3, 0.4) is 0 Å². The van der Waals surface area contributed by atoms with Crippen LogP contribution < -0.4 is 5.14 Å². The third-order valence-corrected chi connectivity index (χ3v) is 5.55. The zero-order chi connectivity index (χ0) is 15.9. The zero-order valence-electron chi connectivity index (χ0n) is 12.4. The summed E-state index contributed by atoms with van der Waals surface area (Å²) in [5, 5.41) is 5.43. The monoisotopic (exact) mass is 321 g/mol. The molecule has 2 heterocycles. The van der Waals surface area contributed by atoms with E-state index in [1.165, 1.54) is 0 Å². The Balaban J connectivity index is 1.94. The molecule has 1 aliphatic rings. The van der Waals surface area contributed by atoms with Crippen LogP contribution in [0.2, 0.25) is 0 Å². The maximum atomic E-state index is 12.8. The lowest BCUT2D eigenvalue weighted by molar-refractivity contribution is 0.0728. The standard InChI is InChI=1S/C15H19N3O3S/c1-10-14(12-6-2-3-7-13(12)17-10)15(19)18-8-4-5-11(9-18)22(16,20)21/h2-3,6-7,11,17H,4-5,8-9H2,1H3,(H2,16,20,21)/t11-/m1/s1. The summed E-state index contributed by atoms with van der Waals surface area (Å²) in [6, 6.07) is 7.61. The number of benzene rings is 1. The lowest BCUT2D eigenvalue weighted by Gasteiger charge is -2.31. The molecule has 2 aromatic rings. The second-order valence-corrected chi connectivity index (χ2v) is 7.62. The van der Waals surface area contributed by atoms with Gasteiger partial charge in [-0.2, -0.15) is 0 Å². The van der Waals surface area contributed by atoms with Crippen LogP contribution in [0, 0.1) is 6.92 Å².